The number of ether oxygens (including phenoxy) is 2. The topological polar surface area (TPSA) is 64.6 Å². The fourth-order valence-electron chi connectivity index (χ4n) is 2.41. The summed E-state index contributed by atoms with van der Waals surface area (Å²) in [7, 11) is 0. The van der Waals surface area contributed by atoms with Crippen LogP contribution in [0, 0.1) is 11.8 Å². The van der Waals surface area contributed by atoms with E-state index in [0.717, 1.165) is 0 Å². The number of nitrogens with one attached hydrogen (secondary N) is 1. The van der Waals surface area contributed by atoms with Crippen molar-refractivity contribution in [2.24, 2.45) is 11.8 Å². The maximum Gasteiger partial charge on any atom is 0.307 e. The summed E-state index contributed by atoms with van der Waals surface area (Å²) in [6, 6.07) is 0.0786. The van der Waals surface area contributed by atoms with E-state index in [2.05, 4.69) is 5.32 Å². The number of hydrogen-bond donors (Lipinski definition) is 1. The fourth-order valence-corrected chi connectivity index (χ4v) is 2.41. The van der Waals surface area contributed by atoms with E-state index in [0.29, 0.717) is 13.2 Å². The molecule has 2 aliphatic rings. The van der Waals surface area contributed by atoms with E-state index in [1.807, 2.05) is 20.8 Å². The molecule has 0 bridgehead atoms. The van der Waals surface area contributed by atoms with Crippen molar-refractivity contribution in [1.29, 1.82) is 0 Å². The molecule has 5 nitrogen and oxygen atoms in total. The van der Waals surface area contributed by atoms with Gasteiger partial charge in [0.15, 0.2) is 0 Å². The Morgan fingerprint density at radius 2 is 2.18 bits per heavy atom. The van der Waals surface area contributed by atoms with Crippen LogP contribution in [-0.4, -0.2) is 36.7 Å². The quantitative estimate of drug-likeness (QED) is 0.714. The number of carbonyl (C=O) groups excluding carboxylic acids is 2. The lowest BCUT2D eigenvalue weighted by Crippen LogP contribution is -2.30. The molecule has 0 saturated carbocycles. The van der Waals surface area contributed by atoms with Crippen molar-refractivity contribution in [3.05, 3.63) is 0 Å². The lowest BCUT2D eigenvalue weighted by molar-refractivity contribution is -0.157. The van der Waals surface area contributed by atoms with Crippen molar-refractivity contribution in [1.82, 2.24) is 5.32 Å². The highest BCUT2D eigenvalue weighted by atomic mass is 16.6. The molecule has 0 unspecified atom stereocenters. The molecule has 2 rings (SSSR count). The van der Waals surface area contributed by atoms with Crippen molar-refractivity contribution in [3.8, 4) is 0 Å². The Morgan fingerprint density at radius 1 is 1.47 bits per heavy atom. The zero-order valence-electron chi connectivity index (χ0n) is 10.5. The van der Waals surface area contributed by atoms with E-state index in [9.17, 15) is 9.59 Å². The van der Waals surface area contributed by atoms with Gasteiger partial charge in [-0.25, -0.2) is 0 Å². The highest BCUT2D eigenvalue weighted by Crippen LogP contribution is 2.31. The van der Waals surface area contributed by atoms with Crippen LogP contribution >= 0.6 is 0 Å². The SMILES string of the molecule is CC(C)(C)OC(=O)C[C@@H]1C(=O)N[C@H]2COC[C@H]21. The first-order chi connectivity index (χ1) is 7.87. The second-order valence-electron chi connectivity index (χ2n) is 5.71. The molecule has 0 aromatic carbocycles. The monoisotopic (exact) mass is 241 g/mol. The summed E-state index contributed by atoms with van der Waals surface area (Å²) in [6.45, 7) is 6.57. The first-order valence-electron chi connectivity index (χ1n) is 5.97. The molecule has 5 heteroatoms. The van der Waals surface area contributed by atoms with Crippen molar-refractivity contribution in [2.75, 3.05) is 13.2 Å². The Balaban J connectivity index is 1.94. The molecule has 0 aliphatic carbocycles. The van der Waals surface area contributed by atoms with Crippen LogP contribution in [0.1, 0.15) is 27.2 Å². The van der Waals surface area contributed by atoms with Gasteiger partial charge in [0.2, 0.25) is 5.91 Å². The molecule has 2 fully saturated rings. The van der Waals surface area contributed by atoms with Crippen molar-refractivity contribution >= 4 is 11.9 Å². The number of carbonyl (C=O) groups is 2. The van der Waals surface area contributed by atoms with Crippen LogP contribution in [0.5, 0.6) is 0 Å². The molecule has 96 valence electrons. The molecule has 3 atom stereocenters. The summed E-state index contributed by atoms with van der Waals surface area (Å²) in [6.07, 6.45) is 0.146. The number of esters is 1. The van der Waals surface area contributed by atoms with E-state index in [1.165, 1.54) is 0 Å². The van der Waals surface area contributed by atoms with Gasteiger partial charge in [0.05, 0.1) is 31.6 Å². The molecule has 0 radical (unpaired) electrons. The van der Waals surface area contributed by atoms with Crippen molar-refractivity contribution < 1.29 is 19.1 Å². The Labute approximate surface area is 101 Å². The first-order valence-corrected chi connectivity index (χ1v) is 5.97. The molecule has 2 aliphatic heterocycles. The molecule has 17 heavy (non-hydrogen) atoms. The Bertz CT molecular complexity index is 334. The van der Waals surface area contributed by atoms with Crippen LogP contribution in [0.15, 0.2) is 0 Å². The van der Waals surface area contributed by atoms with Crippen LogP contribution in [-0.2, 0) is 19.1 Å². The molecule has 1 N–H and O–H groups in total. The van der Waals surface area contributed by atoms with Crippen LogP contribution in [0.3, 0.4) is 0 Å². The minimum Gasteiger partial charge on any atom is -0.460 e. The summed E-state index contributed by atoms with van der Waals surface area (Å²) in [5.74, 6) is -0.535. The predicted octanol–water partition coefficient (Wildman–Crippen LogP) is 0.479. The summed E-state index contributed by atoms with van der Waals surface area (Å²) in [5.41, 5.74) is -0.502. The fraction of sp³-hybridized carbons (Fsp3) is 0.833. The van der Waals surface area contributed by atoms with E-state index >= 15 is 0 Å². The zero-order chi connectivity index (χ0) is 12.6. The standard InChI is InChI=1S/C12H19NO4/c1-12(2,3)17-10(14)4-7-8-5-16-6-9(8)13-11(7)15/h7-9H,4-6H2,1-3H3,(H,13,15)/t7-,8-,9-/m0/s1. The third kappa shape index (κ3) is 2.77. The largest absolute Gasteiger partial charge is 0.460 e. The Morgan fingerprint density at radius 3 is 2.82 bits per heavy atom. The Kier molecular flexibility index (Phi) is 3.12. The smallest absolute Gasteiger partial charge is 0.307 e. The van der Waals surface area contributed by atoms with Gasteiger partial charge in [0.1, 0.15) is 5.60 Å². The highest BCUT2D eigenvalue weighted by molar-refractivity contribution is 5.86. The predicted molar refractivity (Wildman–Crippen MR) is 60.2 cm³/mol. The van der Waals surface area contributed by atoms with Gasteiger partial charge in [-0.3, -0.25) is 9.59 Å². The zero-order valence-corrected chi connectivity index (χ0v) is 10.5. The van der Waals surface area contributed by atoms with Crippen LogP contribution in [0.2, 0.25) is 0 Å². The molecular formula is C12H19NO4. The highest BCUT2D eigenvalue weighted by Gasteiger charge is 2.46. The Hall–Kier alpha value is -1.10. The van der Waals surface area contributed by atoms with Crippen LogP contribution in [0.4, 0.5) is 0 Å². The average molecular weight is 241 g/mol. The molecule has 0 aromatic rings. The summed E-state index contributed by atoms with van der Waals surface area (Å²) < 4.78 is 10.5. The minimum absolute atomic E-state index is 0.0471. The van der Waals surface area contributed by atoms with Crippen molar-refractivity contribution in [3.63, 3.8) is 0 Å². The molecule has 0 aromatic heterocycles. The summed E-state index contributed by atoms with van der Waals surface area (Å²) in [4.78, 5) is 23.4. The van der Waals surface area contributed by atoms with Gasteiger partial charge < -0.3 is 14.8 Å². The number of hydrogen-bond acceptors (Lipinski definition) is 4. The van der Waals surface area contributed by atoms with Crippen molar-refractivity contribution in [2.45, 2.75) is 38.8 Å². The van der Waals surface area contributed by atoms with Gasteiger partial charge in [-0.15, -0.1) is 0 Å². The molecular weight excluding hydrogens is 222 g/mol. The van der Waals surface area contributed by atoms with Crippen LogP contribution in [0.25, 0.3) is 0 Å². The van der Waals surface area contributed by atoms with Crippen LogP contribution < -0.4 is 5.32 Å². The van der Waals surface area contributed by atoms with Gasteiger partial charge in [0, 0.05) is 5.92 Å². The van der Waals surface area contributed by atoms with E-state index in [4.69, 9.17) is 9.47 Å². The molecule has 0 spiro atoms. The second-order valence-corrected chi connectivity index (χ2v) is 5.71. The van der Waals surface area contributed by atoms with E-state index < -0.39 is 5.60 Å². The van der Waals surface area contributed by atoms with E-state index in [1.54, 1.807) is 0 Å². The van der Waals surface area contributed by atoms with Gasteiger partial charge in [-0.1, -0.05) is 0 Å². The minimum atomic E-state index is -0.502. The van der Waals surface area contributed by atoms with Gasteiger partial charge in [0.25, 0.3) is 0 Å². The number of rotatable bonds is 2. The average Bonchev–Trinajstić information content (AvgIpc) is 2.67. The number of fused-ring (bicyclic) bond motifs is 1. The maximum absolute atomic E-state index is 11.7. The van der Waals surface area contributed by atoms with E-state index in [-0.39, 0.29) is 36.2 Å². The molecule has 1 amide bonds. The number of amides is 1. The lowest BCUT2D eigenvalue weighted by atomic mass is 9.90. The maximum atomic E-state index is 11.7. The lowest BCUT2D eigenvalue weighted by Gasteiger charge is -2.21. The normalized spacial score (nSPS) is 32.2. The van der Waals surface area contributed by atoms with Gasteiger partial charge in [-0.05, 0) is 20.8 Å². The summed E-state index contributed by atoms with van der Waals surface area (Å²) in [5, 5.41) is 2.86. The third-order valence-corrected chi connectivity index (χ3v) is 3.11. The third-order valence-electron chi connectivity index (χ3n) is 3.11. The van der Waals surface area contributed by atoms with Gasteiger partial charge in [-0.2, -0.15) is 0 Å². The molecule has 2 saturated heterocycles. The summed E-state index contributed by atoms with van der Waals surface area (Å²) >= 11 is 0. The van der Waals surface area contributed by atoms with Gasteiger partial charge >= 0.3 is 5.97 Å². The first kappa shape index (κ1) is 12.4. The second kappa shape index (κ2) is 4.29. The molecule has 2 heterocycles.